The van der Waals surface area contributed by atoms with Gasteiger partial charge in [0.05, 0.1) is 12.9 Å². The van der Waals surface area contributed by atoms with Crippen molar-refractivity contribution in [2.45, 2.75) is 12.8 Å². The van der Waals surface area contributed by atoms with E-state index in [0.29, 0.717) is 0 Å². The zero-order valence-corrected chi connectivity index (χ0v) is 9.78. The van der Waals surface area contributed by atoms with Gasteiger partial charge in [-0.15, -0.1) is 4.83 Å². The minimum absolute atomic E-state index is 0.0461. The molecule has 0 fully saturated rings. The van der Waals surface area contributed by atoms with E-state index in [0.717, 1.165) is 0 Å². The Morgan fingerprint density at radius 1 is 1.53 bits per heavy atom. The summed E-state index contributed by atoms with van der Waals surface area (Å²) in [6, 6.07) is 0. The third-order valence-electron chi connectivity index (χ3n) is 1.35. The lowest BCUT2D eigenvalue weighted by Crippen LogP contribution is -2.45. The SMILES string of the molecule is COC(=O)CCCS(=O)(=O)NNC(N)=S. The van der Waals surface area contributed by atoms with E-state index < -0.39 is 16.0 Å². The average Bonchev–Trinajstić information content (AvgIpc) is 2.14. The lowest BCUT2D eigenvalue weighted by Gasteiger charge is -2.06. The Kier molecular flexibility index (Phi) is 6.13. The van der Waals surface area contributed by atoms with Crippen LogP contribution in [0.2, 0.25) is 0 Å². The van der Waals surface area contributed by atoms with Crippen molar-refractivity contribution in [1.29, 1.82) is 0 Å². The highest BCUT2D eigenvalue weighted by Gasteiger charge is 2.11. The van der Waals surface area contributed by atoms with Crippen LogP contribution in [0.3, 0.4) is 0 Å². The maximum absolute atomic E-state index is 11.2. The predicted molar refractivity (Wildman–Crippen MR) is 58.1 cm³/mol. The molecule has 0 spiro atoms. The van der Waals surface area contributed by atoms with Gasteiger partial charge in [-0.1, -0.05) is 0 Å². The van der Waals surface area contributed by atoms with Gasteiger partial charge in [-0.3, -0.25) is 10.2 Å². The number of sulfonamides is 1. The summed E-state index contributed by atoms with van der Waals surface area (Å²) in [7, 11) is -2.28. The number of thiocarbonyl (C=S) groups is 1. The van der Waals surface area contributed by atoms with E-state index in [2.05, 4.69) is 22.4 Å². The normalized spacial score (nSPS) is 10.7. The van der Waals surface area contributed by atoms with Gasteiger partial charge in [0, 0.05) is 6.42 Å². The van der Waals surface area contributed by atoms with Crippen LogP contribution < -0.4 is 16.0 Å². The van der Waals surface area contributed by atoms with Crippen LogP contribution in [0.25, 0.3) is 0 Å². The molecule has 0 amide bonds. The summed E-state index contributed by atoms with van der Waals surface area (Å²) in [4.78, 5) is 12.6. The van der Waals surface area contributed by atoms with Crippen molar-refractivity contribution in [3.05, 3.63) is 0 Å². The quantitative estimate of drug-likeness (QED) is 0.304. The molecule has 0 radical (unpaired) electrons. The van der Waals surface area contributed by atoms with Crippen LogP contribution in [0.15, 0.2) is 0 Å². The van der Waals surface area contributed by atoms with E-state index in [4.69, 9.17) is 5.73 Å². The molecule has 7 nitrogen and oxygen atoms in total. The third-order valence-corrected chi connectivity index (χ3v) is 2.69. The molecule has 0 atom stereocenters. The maximum atomic E-state index is 11.2. The lowest BCUT2D eigenvalue weighted by atomic mass is 10.3. The van der Waals surface area contributed by atoms with Crippen molar-refractivity contribution in [2.24, 2.45) is 5.73 Å². The fraction of sp³-hybridized carbons (Fsp3) is 0.667. The van der Waals surface area contributed by atoms with E-state index in [1.165, 1.54) is 7.11 Å². The highest BCUT2D eigenvalue weighted by Crippen LogP contribution is 1.95. The number of ether oxygens (including phenoxy) is 1. The Hall–Kier alpha value is -0.930. The zero-order chi connectivity index (χ0) is 11.9. The van der Waals surface area contributed by atoms with Crippen LogP contribution in [0.5, 0.6) is 0 Å². The van der Waals surface area contributed by atoms with Crippen LogP contribution >= 0.6 is 12.2 Å². The summed E-state index contributed by atoms with van der Waals surface area (Å²) >= 11 is 4.40. The van der Waals surface area contributed by atoms with Gasteiger partial charge in [0.25, 0.3) is 0 Å². The summed E-state index contributed by atoms with van der Waals surface area (Å²) in [5, 5.41) is -0.174. The molecule has 0 heterocycles. The summed E-state index contributed by atoms with van der Waals surface area (Å²) in [6.45, 7) is 0. The molecule has 0 aromatic heterocycles. The Balaban J connectivity index is 3.84. The molecule has 9 heteroatoms. The molecule has 0 bridgehead atoms. The van der Waals surface area contributed by atoms with Gasteiger partial charge in [0.15, 0.2) is 5.11 Å². The molecule has 0 aliphatic rings. The van der Waals surface area contributed by atoms with E-state index in [9.17, 15) is 13.2 Å². The Labute approximate surface area is 93.4 Å². The van der Waals surface area contributed by atoms with E-state index in [1.807, 2.05) is 4.83 Å². The van der Waals surface area contributed by atoms with Crippen molar-refractivity contribution in [3.63, 3.8) is 0 Å². The van der Waals surface area contributed by atoms with E-state index in [1.54, 1.807) is 0 Å². The number of methoxy groups -OCH3 is 1. The summed E-state index contributed by atoms with van der Waals surface area (Å²) in [5.41, 5.74) is 7.11. The standard InChI is InChI=1S/C6H13N3O4S2/c1-13-5(10)3-2-4-15(11,12)9-8-6(7)14/h9H,2-4H2,1H3,(H3,7,8,14). The van der Waals surface area contributed by atoms with Gasteiger partial charge in [0.2, 0.25) is 10.0 Å². The number of carbonyl (C=O) groups excluding carboxylic acids is 1. The molecule has 15 heavy (non-hydrogen) atoms. The first kappa shape index (κ1) is 14.1. The molecule has 0 saturated carbocycles. The van der Waals surface area contributed by atoms with Crippen molar-refractivity contribution in [2.75, 3.05) is 12.9 Å². The van der Waals surface area contributed by atoms with Crippen molar-refractivity contribution in [1.82, 2.24) is 10.3 Å². The largest absolute Gasteiger partial charge is 0.469 e. The highest BCUT2D eigenvalue weighted by molar-refractivity contribution is 7.89. The van der Waals surface area contributed by atoms with Crippen LogP contribution in [0.1, 0.15) is 12.8 Å². The molecule has 0 rings (SSSR count). The van der Waals surface area contributed by atoms with Gasteiger partial charge in [-0.25, -0.2) is 8.42 Å². The molecule has 0 unspecified atom stereocenters. The van der Waals surface area contributed by atoms with E-state index in [-0.39, 0.29) is 23.7 Å². The second-order valence-electron chi connectivity index (χ2n) is 2.59. The number of hydrazine groups is 1. The Morgan fingerprint density at radius 3 is 2.60 bits per heavy atom. The summed E-state index contributed by atoms with van der Waals surface area (Å²) < 4.78 is 26.7. The number of rotatable bonds is 6. The molecule has 0 saturated heterocycles. The minimum Gasteiger partial charge on any atom is -0.469 e. The van der Waals surface area contributed by atoms with Gasteiger partial charge < -0.3 is 10.5 Å². The first-order valence-electron chi connectivity index (χ1n) is 3.99. The monoisotopic (exact) mass is 255 g/mol. The third kappa shape index (κ3) is 8.09. The van der Waals surface area contributed by atoms with Crippen molar-refractivity contribution in [3.8, 4) is 0 Å². The van der Waals surface area contributed by atoms with Gasteiger partial charge in [-0.2, -0.15) is 0 Å². The minimum atomic E-state index is -3.52. The number of esters is 1. The molecular weight excluding hydrogens is 242 g/mol. The first-order chi connectivity index (χ1) is 6.87. The fourth-order valence-electron chi connectivity index (χ4n) is 0.688. The molecule has 0 aromatic rings. The van der Waals surface area contributed by atoms with Gasteiger partial charge >= 0.3 is 5.97 Å². The average molecular weight is 255 g/mol. The number of hydrogen-bond donors (Lipinski definition) is 3. The van der Waals surface area contributed by atoms with Gasteiger partial charge in [0.1, 0.15) is 0 Å². The van der Waals surface area contributed by atoms with Crippen LogP contribution in [-0.4, -0.2) is 32.4 Å². The van der Waals surface area contributed by atoms with Crippen molar-refractivity contribution < 1.29 is 17.9 Å². The van der Waals surface area contributed by atoms with Crippen molar-refractivity contribution >= 4 is 33.3 Å². The first-order valence-corrected chi connectivity index (χ1v) is 6.05. The lowest BCUT2D eigenvalue weighted by molar-refractivity contribution is -0.140. The number of nitrogens with one attached hydrogen (secondary N) is 2. The highest BCUT2D eigenvalue weighted by atomic mass is 32.2. The van der Waals surface area contributed by atoms with Crippen LogP contribution in [0.4, 0.5) is 0 Å². The molecular formula is C6H13N3O4S2. The summed E-state index contributed by atoms with van der Waals surface area (Å²) in [5.74, 6) is -0.662. The number of nitrogens with two attached hydrogens (primary N) is 1. The molecule has 4 N–H and O–H groups in total. The van der Waals surface area contributed by atoms with Crippen LogP contribution in [-0.2, 0) is 19.6 Å². The molecule has 0 aromatic carbocycles. The van der Waals surface area contributed by atoms with Crippen LogP contribution in [0, 0.1) is 0 Å². The Morgan fingerprint density at radius 2 is 2.13 bits per heavy atom. The maximum Gasteiger partial charge on any atom is 0.305 e. The number of hydrogen-bond acceptors (Lipinski definition) is 5. The second-order valence-corrected chi connectivity index (χ2v) is 4.87. The molecule has 0 aliphatic carbocycles. The van der Waals surface area contributed by atoms with E-state index >= 15 is 0 Å². The second kappa shape index (κ2) is 6.53. The fourth-order valence-corrected chi connectivity index (χ4v) is 1.70. The summed E-state index contributed by atoms with van der Waals surface area (Å²) in [6.07, 6.45) is 0.214. The number of carbonyl (C=O) groups is 1. The Bertz CT molecular complexity index is 327. The molecule has 0 aliphatic heterocycles. The topological polar surface area (TPSA) is 111 Å². The molecule has 88 valence electrons. The van der Waals surface area contributed by atoms with Gasteiger partial charge in [-0.05, 0) is 18.6 Å². The zero-order valence-electron chi connectivity index (χ0n) is 8.15. The predicted octanol–water partition coefficient (Wildman–Crippen LogP) is -1.39. The smallest absolute Gasteiger partial charge is 0.305 e.